The van der Waals surface area contributed by atoms with Crippen LogP contribution >= 0.6 is 11.6 Å². The van der Waals surface area contributed by atoms with Crippen LogP contribution in [0.1, 0.15) is 12.8 Å². The minimum Gasteiger partial charge on any atom is -0.383 e. The van der Waals surface area contributed by atoms with E-state index in [-0.39, 0.29) is 0 Å². The molecule has 118 valence electrons. The number of piperidine rings is 1. The molecular formula is C14H24ClN5O. The molecule has 0 radical (unpaired) electrons. The van der Waals surface area contributed by atoms with E-state index in [1.54, 1.807) is 7.11 Å². The molecule has 0 saturated carbocycles. The van der Waals surface area contributed by atoms with Crippen LogP contribution in [-0.2, 0) is 4.74 Å². The van der Waals surface area contributed by atoms with Crippen molar-refractivity contribution in [3.05, 3.63) is 11.5 Å². The summed E-state index contributed by atoms with van der Waals surface area (Å²) in [4.78, 5) is 10.7. The highest BCUT2D eigenvalue weighted by Crippen LogP contribution is 2.26. The number of nitrogens with zero attached hydrogens (tertiary/aromatic N) is 3. The largest absolute Gasteiger partial charge is 0.383 e. The molecule has 0 aliphatic carbocycles. The average molecular weight is 314 g/mol. The molecule has 1 aromatic rings. The van der Waals surface area contributed by atoms with Crippen LogP contribution in [-0.4, -0.2) is 61.8 Å². The van der Waals surface area contributed by atoms with Gasteiger partial charge in [-0.15, -0.1) is 0 Å². The number of methoxy groups -OCH3 is 1. The highest BCUT2D eigenvalue weighted by Gasteiger charge is 2.19. The van der Waals surface area contributed by atoms with Gasteiger partial charge in [0.2, 0.25) is 0 Å². The van der Waals surface area contributed by atoms with Crippen molar-refractivity contribution in [2.75, 3.05) is 57.6 Å². The maximum atomic E-state index is 6.05. The highest BCUT2D eigenvalue weighted by molar-refractivity contribution is 6.32. The molecule has 1 aliphatic rings. The Morgan fingerprint density at radius 3 is 2.81 bits per heavy atom. The first-order valence-corrected chi connectivity index (χ1v) is 7.75. The zero-order valence-corrected chi connectivity index (χ0v) is 13.5. The fourth-order valence-electron chi connectivity index (χ4n) is 2.60. The second-order valence-corrected chi connectivity index (χ2v) is 5.65. The molecule has 6 nitrogen and oxygen atoms in total. The molecule has 0 atom stereocenters. The Labute approximate surface area is 131 Å². The number of aromatic nitrogens is 2. The van der Waals surface area contributed by atoms with Gasteiger partial charge in [-0.25, -0.2) is 9.97 Å². The van der Waals surface area contributed by atoms with Gasteiger partial charge >= 0.3 is 0 Å². The van der Waals surface area contributed by atoms with Gasteiger partial charge in [0.1, 0.15) is 12.0 Å². The van der Waals surface area contributed by atoms with Gasteiger partial charge in [-0.1, -0.05) is 11.6 Å². The summed E-state index contributed by atoms with van der Waals surface area (Å²) in [5.74, 6) is 1.45. The summed E-state index contributed by atoms with van der Waals surface area (Å²) in [6.45, 7) is 5.04. The Kier molecular flexibility index (Phi) is 6.48. The first-order valence-electron chi connectivity index (χ1n) is 7.38. The van der Waals surface area contributed by atoms with Crippen molar-refractivity contribution in [1.29, 1.82) is 0 Å². The first kappa shape index (κ1) is 16.3. The van der Waals surface area contributed by atoms with E-state index in [1.807, 2.05) is 7.05 Å². The molecule has 1 aromatic heterocycles. The lowest BCUT2D eigenvalue weighted by molar-refractivity contribution is 0.122. The predicted octanol–water partition coefficient (Wildman–Crippen LogP) is 1.94. The summed E-state index contributed by atoms with van der Waals surface area (Å²) in [6, 6.07) is 0. The third-order valence-corrected chi connectivity index (χ3v) is 4.21. The number of hydrogen-bond acceptors (Lipinski definition) is 6. The van der Waals surface area contributed by atoms with E-state index < -0.39 is 0 Å². The van der Waals surface area contributed by atoms with Crippen LogP contribution in [0.4, 0.5) is 11.5 Å². The van der Waals surface area contributed by atoms with Crippen molar-refractivity contribution in [3.63, 3.8) is 0 Å². The molecular weight excluding hydrogens is 290 g/mol. The van der Waals surface area contributed by atoms with E-state index in [9.17, 15) is 0 Å². The van der Waals surface area contributed by atoms with Crippen molar-refractivity contribution in [2.45, 2.75) is 12.8 Å². The molecule has 0 bridgehead atoms. The molecule has 2 heterocycles. The van der Waals surface area contributed by atoms with Crippen molar-refractivity contribution in [1.82, 2.24) is 14.9 Å². The van der Waals surface area contributed by atoms with Crippen LogP contribution < -0.4 is 10.6 Å². The quantitative estimate of drug-likeness (QED) is 0.750. The maximum Gasteiger partial charge on any atom is 0.157 e. The maximum absolute atomic E-state index is 6.05. The second kappa shape index (κ2) is 8.36. The zero-order chi connectivity index (χ0) is 15.1. The summed E-state index contributed by atoms with van der Waals surface area (Å²) in [5, 5.41) is 6.88. The third-order valence-electron chi connectivity index (χ3n) is 3.93. The van der Waals surface area contributed by atoms with Gasteiger partial charge in [-0.05, 0) is 31.8 Å². The van der Waals surface area contributed by atoms with E-state index in [2.05, 4.69) is 25.5 Å². The molecule has 1 fully saturated rings. The highest BCUT2D eigenvalue weighted by atomic mass is 35.5. The molecule has 0 amide bonds. The van der Waals surface area contributed by atoms with Gasteiger partial charge in [0.25, 0.3) is 0 Å². The zero-order valence-electron chi connectivity index (χ0n) is 12.7. The Bertz CT molecular complexity index is 437. The Morgan fingerprint density at radius 2 is 2.14 bits per heavy atom. The predicted molar refractivity (Wildman–Crippen MR) is 86.1 cm³/mol. The molecule has 0 aromatic carbocycles. The van der Waals surface area contributed by atoms with Gasteiger partial charge in [0.05, 0.1) is 6.61 Å². The lowest BCUT2D eigenvalue weighted by atomic mass is 9.97. The molecule has 0 unspecified atom stereocenters. The van der Waals surface area contributed by atoms with Crippen molar-refractivity contribution in [3.8, 4) is 0 Å². The van der Waals surface area contributed by atoms with Crippen molar-refractivity contribution >= 4 is 23.1 Å². The van der Waals surface area contributed by atoms with Crippen LogP contribution in [0, 0.1) is 5.92 Å². The first-order chi connectivity index (χ1) is 10.2. The molecule has 1 saturated heterocycles. The van der Waals surface area contributed by atoms with E-state index in [4.69, 9.17) is 16.3 Å². The molecule has 7 heteroatoms. The van der Waals surface area contributed by atoms with Crippen LogP contribution in [0.3, 0.4) is 0 Å². The number of likely N-dealkylation sites (tertiary alicyclic amines) is 1. The molecule has 0 spiro atoms. The Balaban J connectivity index is 1.78. The molecule has 2 rings (SSSR count). The lowest BCUT2D eigenvalue weighted by Crippen LogP contribution is -2.37. The molecule has 1 aliphatic heterocycles. The average Bonchev–Trinajstić information content (AvgIpc) is 2.52. The number of nitrogens with one attached hydrogen (secondary N) is 2. The summed E-state index contributed by atoms with van der Waals surface area (Å²) in [6.07, 6.45) is 3.88. The van der Waals surface area contributed by atoms with Gasteiger partial charge in [0.15, 0.2) is 11.0 Å². The topological polar surface area (TPSA) is 62.3 Å². The summed E-state index contributed by atoms with van der Waals surface area (Å²) >= 11 is 6.05. The summed E-state index contributed by atoms with van der Waals surface area (Å²) < 4.78 is 5.13. The number of hydrogen-bond donors (Lipinski definition) is 2. The lowest BCUT2D eigenvalue weighted by Gasteiger charge is -2.31. The monoisotopic (exact) mass is 313 g/mol. The van der Waals surface area contributed by atoms with Crippen LogP contribution in [0.5, 0.6) is 0 Å². The number of ether oxygens (including phenoxy) is 1. The minimum atomic E-state index is 0.449. The standard InChI is InChI=1S/C14H24ClN5O/c1-16-12-13(15)18-10-19-14(12)17-9-11-3-5-20(6-4-11)7-8-21-2/h10-11,16H,3-9H2,1-2H3,(H,17,18,19). The Hall–Kier alpha value is -1.11. The second-order valence-electron chi connectivity index (χ2n) is 5.30. The minimum absolute atomic E-state index is 0.449. The van der Waals surface area contributed by atoms with Crippen LogP contribution in [0.15, 0.2) is 6.33 Å². The number of rotatable bonds is 7. The SMILES string of the molecule is CNc1c(Cl)ncnc1NCC1CCN(CCOC)CC1. The number of anilines is 2. The molecule has 2 N–H and O–H groups in total. The van der Waals surface area contributed by atoms with Gasteiger partial charge < -0.3 is 20.3 Å². The van der Waals surface area contributed by atoms with E-state index in [0.717, 1.165) is 44.3 Å². The van der Waals surface area contributed by atoms with Gasteiger partial charge in [0, 0.05) is 27.2 Å². The van der Waals surface area contributed by atoms with Crippen molar-refractivity contribution in [2.24, 2.45) is 5.92 Å². The van der Waals surface area contributed by atoms with E-state index >= 15 is 0 Å². The van der Waals surface area contributed by atoms with Crippen LogP contribution in [0.2, 0.25) is 5.15 Å². The fraction of sp³-hybridized carbons (Fsp3) is 0.714. The van der Waals surface area contributed by atoms with E-state index in [1.165, 1.54) is 19.2 Å². The summed E-state index contributed by atoms with van der Waals surface area (Å²) in [5.41, 5.74) is 0.761. The summed E-state index contributed by atoms with van der Waals surface area (Å²) in [7, 11) is 3.58. The fourth-order valence-corrected chi connectivity index (χ4v) is 2.82. The van der Waals surface area contributed by atoms with Gasteiger partial charge in [-0.3, -0.25) is 0 Å². The third kappa shape index (κ3) is 4.69. The number of halogens is 1. The van der Waals surface area contributed by atoms with Gasteiger partial charge in [-0.2, -0.15) is 0 Å². The smallest absolute Gasteiger partial charge is 0.157 e. The molecule has 21 heavy (non-hydrogen) atoms. The normalized spacial score (nSPS) is 16.9. The van der Waals surface area contributed by atoms with Crippen LogP contribution in [0.25, 0.3) is 0 Å². The Morgan fingerprint density at radius 1 is 1.38 bits per heavy atom. The van der Waals surface area contributed by atoms with E-state index in [0.29, 0.717) is 11.1 Å². The van der Waals surface area contributed by atoms with Crippen molar-refractivity contribution < 1.29 is 4.74 Å².